The SMILES string of the molecule is COCCN1C(=O)C(=O)C(=C(O)c2ccc(S(=O)(=O)N(C)C)cc2)C1c1cc(OC)c(OC)c(OC)c1. The van der Waals surface area contributed by atoms with Gasteiger partial charge in [0.2, 0.25) is 15.8 Å². The van der Waals surface area contributed by atoms with E-state index in [9.17, 15) is 23.1 Å². The number of hydrogen-bond donors (Lipinski definition) is 1. The number of methoxy groups -OCH3 is 4. The molecule has 0 aliphatic carbocycles. The molecule has 0 aromatic heterocycles. The molecule has 0 saturated carbocycles. The van der Waals surface area contributed by atoms with Gasteiger partial charge in [-0.05, 0) is 42.0 Å². The predicted molar refractivity (Wildman–Crippen MR) is 134 cm³/mol. The Bertz CT molecular complexity index is 1290. The number of benzene rings is 2. The fraction of sp³-hybridized carbons (Fsp3) is 0.360. The number of aliphatic hydroxyl groups is 1. The quantitative estimate of drug-likeness (QED) is 0.276. The zero-order valence-corrected chi connectivity index (χ0v) is 22.3. The van der Waals surface area contributed by atoms with Crippen molar-refractivity contribution < 1.29 is 42.1 Å². The summed E-state index contributed by atoms with van der Waals surface area (Å²) >= 11 is 0. The van der Waals surface area contributed by atoms with Gasteiger partial charge in [0.15, 0.2) is 11.5 Å². The van der Waals surface area contributed by atoms with Crippen LogP contribution in [0.3, 0.4) is 0 Å². The van der Waals surface area contributed by atoms with Gasteiger partial charge in [0.1, 0.15) is 5.76 Å². The summed E-state index contributed by atoms with van der Waals surface area (Å²) in [7, 11) is 4.90. The molecule has 0 radical (unpaired) electrons. The van der Waals surface area contributed by atoms with Crippen molar-refractivity contribution in [1.82, 2.24) is 9.21 Å². The van der Waals surface area contributed by atoms with Gasteiger partial charge in [-0.15, -0.1) is 0 Å². The van der Waals surface area contributed by atoms with E-state index in [-0.39, 0.29) is 29.2 Å². The maximum absolute atomic E-state index is 13.2. The lowest BCUT2D eigenvalue weighted by atomic mass is 9.94. The molecule has 11 nitrogen and oxygen atoms in total. The molecular weight excluding hydrogens is 504 g/mol. The van der Waals surface area contributed by atoms with Crippen molar-refractivity contribution in [1.29, 1.82) is 0 Å². The Morgan fingerprint density at radius 3 is 2.00 bits per heavy atom. The molecule has 1 fully saturated rings. The number of sulfonamides is 1. The molecule has 37 heavy (non-hydrogen) atoms. The fourth-order valence-electron chi connectivity index (χ4n) is 4.06. The van der Waals surface area contributed by atoms with Gasteiger partial charge in [-0.3, -0.25) is 9.59 Å². The standard InChI is InChI=1S/C25H30N2O9S/c1-26(2)37(31,32)17-9-7-15(8-10-17)22(28)20-21(27(11-12-33-3)25(30)23(20)29)16-13-18(34-4)24(36-6)19(14-16)35-5/h7-10,13-14,21,28H,11-12H2,1-6H3. The summed E-state index contributed by atoms with van der Waals surface area (Å²) in [6.45, 7) is 0.213. The number of ether oxygens (including phenoxy) is 4. The molecule has 2 aromatic rings. The second-order valence-electron chi connectivity index (χ2n) is 8.26. The highest BCUT2D eigenvalue weighted by Crippen LogP contribution is 2.45. The Morgan fingerprint density at radius 2 is 1.54 bits per heavy atom. The first kappa shape index (κ1) is 28.0. The maximum Gasteiger partial charge on any atom is 0.295 e. The molecule has 200 valence electrons. The van der Waals surface area contributed by atoms with E-state index in [1.165, 1.54) is 71.7 Å². The van der Waals surface area contributed by atoms with Crippen molar-refractivity contribution in [3.8, 4) is 17.2 Å². The highest BCUT2D eigenvalue weighted by Gasteiger charge is 2.46. The summed E-state index contributed by atoms with van der Waals surface area (Å²) in [5.74, 6) is -1.24. The van der Waals surface area contributed by atoms with Crippen LogP contribution in [0.25, 0.3) is 5.76 Å². The number of aliphatic hydroxyl groups excluding tert-OH is 1. The molecule has 3 rings (SSSR count). The highest BCUT2D eigenvalue weighted by molar-refractivity contribution is 7.89. The number of likely N-dealkylation sites (tertiary alicyclic amines) is 1. The van der Waals surface area contributed by atoms with Crippen molar-refractivity contribution in [3.05, 3.63) is 53.1 Å². The third-order valence-electron chi connectivity index (χ3n) is 5.99. The number of nitrogens with zero attached hydrogens (tertiary/aromatic N) is 2. The van der Waals surface area contributed by atoms with Crippen LogP contribution in [0.2, 0.25) is 0 Å². The molecule has 1 aliphatic rings. The molecule has 1 N–H and O–H groups in total. The van der Waals surface area contributed by atoms with E-state index in [2.05, 4.69) is 0 Å². The van der Waals surface area contributed by atoms with Crippen LogP contribution in [-0.4, -0.2) is 90.1 Å². The largest absolute Gasteiger partial charge is 0.507 e. The molecule has 0 spiro atoms. The van der Waals surface area contributed by atoms with Crippen molar-refractivity contribution in [2.75, 3.05) is 55.7 Å². The first-order valence-corrected chi connectivity index (χ1v) is 12.6. The van der Waals surface area contributed by atoms with Crippen LogP contribution in [0.4, 0.5) is 0 Å². The molecule has 1 saturated heterocycles. The van der Waals surface area contributed by atoms with Crippen LogP contribution in [-0.2, 0) is 24.3 Å². The lowest BCUT2D eigenvalue weighted by molar-refractivity contribution is -0.140. The fourth-order valence-corrected chi connectivity index (χ4v) is 4.96. The van der Waals surface area contributed by atoms with E-state index in [0.717, 1.165) is 4.31 Å². The minimum absolute atomic E-state index is 0.00998. The molecule has 1 amide bonds. The van der Waals surface area contributed by atoms with E-state index in [1.54, 1.807) is 12.1 Å². The normalized spacial score (nSPS) is 17.4. The van der Waals surface area contributed by atoms with Gasteiger partial charge in [-0.1, -0.05) is 0 Å². The van der Waals surface area contributed by atoms with E-state index in [1.807, 2.05) is 0 Å². The molecule has 2 aromatic carbocycles. The first-order chi connectivity index (χ1) is 17.5. The summed E-state index contributed by atoms with van der Waals surface area (Å²) in [6, 6.07) is 7.57. The highest BCUT2D eigenvalue weighted by atomic mass is 32.2. The predicted octanol–water partition coefficient (Wildman–Crippen LogP) is 2.03. The minimum Gasteiger partial charge on any atom is -0.507 e. The lowest BCUT2D eigenvalue weighted by Crippen LogP contribution is -2.32. The second-order valence-corrected chi connectivity index (χ2v) is 10.4. The van der Waals surface area contributed by atoms with Gasteiger partial charge in [0.25, 0.3) is 11.7 Å². The van der Waals surface area contributed by atoms with Crippen LogP contribution >= 0.6 is 0 Å². The third-order valence-corrected chi connectivity index (χ3v) is 7.81. The molecule has 1 atom stereocenters. The number of carbonyl (C=O) groups excluding carboxylic acids is 2. The molecule has 0 bridgehead atoms. The van der Waals surface area contributed by atoms with Crippen LogP contribution in [0, 0.1) is 0 Å². The summed E-state index contributed by atoms with van der Waals surface area (Å²) in [5, 5.41) is 11.2. The molecule has 1 aliphatic heterocycles. The van der Waals surface area contributed by atoms with Gasteiger partial charge < -0.3 is 29.0 Å². The Morgan fingerprint density at radius 1 is 0.973 bits per heavy atom. The number of ketones is 1. The number of rotatable bonds is 10. The van der Waals surface area contributed by atoms with E-state index in [0.29, 0.717) is 22.8 Å². The molecule has 1 heterocycles. The molecule has 1 unspecified atom stereocenters. The maximum atomic E-state index is 13.2. The Balaban J connectivity index is 2.23. The molecule has 12 heteroatoms. The Hall–Kier alpha value is -3.61. The zero-order chi connectivity index (χ0) is 27.5. The monoisotopic (exact) mass is 534 g/mol. The minimum atomic E-state index is -3.70. The van der Waals surface area contributed by atoms with Crippen molar-refractivity contribution >= 4 is 27.5 Å². The van der Waals surface area contributed by atoms with Crippen molar-refractivity contribution in [3.63, 3.8) is 0 Å². The Labute approximate surface area is 215 Å². The van der Waals surface area contributed by atoms with Crippen LogP contribution < -0.4 is 14.2 Å². The average Bonchev–Trinajstić information content (AvgIpc) is 3.15. The van der Waals surface area contributed by atoms with Gasteiger partial charge in [-0.2, -0.15) is 0 Å². The molecular formula is C25H30N2O9S. The summed E-state index contributed by atoms with van der Waals surface area (Å²) in [6.07, 6.45) is 0. The Kier molecular flexibility index (Phi) is 8.46. The number of Topliss-reactive ketones (excluding diaryl/α,β-unsaturated/α-hetero) is 1. The lowest BCUT2D eigenvalue weighted by Gasteiger charge is -2.26. The van der Waals surface area contributed by atoms with Crippen molar-refractivity contribution in [2.45, 2.75) is 10.9 Å². The van der Waals surface area contributed by atoms with Gasteiger partial charge in [-0.25, -0.2) is 12.7 Å². The average molecular weight is 535 g/mol. The van der Waals surface area contributed by atoms with E-state index in [4.69, 9.17) is 18.9 Å². The van der Waals surface area contributed by atoms with Crippen LogP contribution in [0.15, 0.2) is 46.9 Å². The van der Waals surface area contributed by atoms with Crippen LogP contribution in [0.1, 0.15) is 17.2 Å². The van der Waals surface area contributed by atoms with Crippen LogP contribution in [0.5, 0.6) is 17.2 Å². The van der Waals surface area contributed by atoms with Crippen molar-refractivity contribution in [2.24, 2.45) is 0 Å². The number of amides is 1. The van der Waals surface area contributed by atoms with Gasteiger partial charge >= 0.3 is 0 Å². The van der Waals surface area contributed by atoms with Gasteiger partial charge in [0, 0.05) is 33.3 Å². The number of hydrogen-bond acceptors (Lipinski definition) is 9. The van der Waals surface area contributed by atoms with Gasteiger partial charge in [0.05, 0.1) is 44.4 Å². The summed E-state index contributed by atoms with van der Waals surface area (Å²) in [4.78, 5) is 27.5. The topological polar surface area (TPSA) is 132 Å². The van der Waals surface area contributed by atoms with E-state index >= 15 is 0 Å². The number of carbonyl (C=O) groups is 2. The third kappa shape index (κ3) is 5.13. The second kappa shape index (κ2) is 11.2. The summed E-state index contributed by atoms with van der Waals surface area (Å²) < 4.78 is 47.3. The smallest absolute Gasteiger partial charge is 0.295 e. The zero-order valence-electron chi connectivity index (χ0n) is 21.5. The first-order valence-electron chi connectivity index (χ1n) is 11.1. The van der Waals surface area contributed by atoms with E-state index < -0.39 is 33.5 Å². The summed E-state index contributed by atoms with van der Waals surface area (Å²) in [5.41, 5.74) is 0.427.